The molecule has 1 unspecified atom stereocenters. The molecular weight excluding hydrogens is 356 g/mol. The van der Waals surface area contributed by atoms with Crippen molar-refractivity contribution in [2.24, 2.45) is 0 Å². The monoisotopic (exact) mass is 393 g/mol. The maximum absolute atomic E-state index is 13.5. The fourth-order valence-corrected chi connectivity index (χ4v) is 5.07. The van der Waals surface area contributed by atoms with Gasteiger partial charge in [0.1, 0.15) is 6.54 Å². The Bertz CT molecular complexity index is 816. The summed E-state index contributed by atoms with van der Waals surface area (Å²) >= 11 is 0. The van der Waals surface area contributed by atoms with Crippen LogP contribution in [0.5, 0.6) is 0 Å². The van der Waals surface area contributed by atoms with E-state index in [1.54, 1.807) is 0 Å². The van der Waals surface area contributed by atoms with E-state index in [9.17, 15) is 4.79 Å². The molecule has 0 bridgehead atoms. The van der Waals surface area contributed by atoms with Crippen molar-refractivity contribution in [3.63, 3.8) is 0 Å². The molecule has 3 heteroatoms. The number of piperidine rings is 1. The Balaban J connectivity index is 1.89. The van der Waals surface area contributed by atoms with Crippen molar-refractivity contribution in [3.05, 3.63) is 64.7 Å². The second-order valence-electron chi connectivity index (χ2n) is 8.74. The van der Waals surface area contributed by atoms with Crippen LogP contribution in [0.15, 0.2) is 42.5 Å². The number of nitrogens with one attached hydrogen (secondary N) is 1. The van der Waals surface area contributed by atoms with Crippen molar-refractivity contribution >= 4 is 11.6 Å². The van der Waals surface area contributed by atoms with Gasteiger partial charge in [-0.15, -0.1) is 0 Å². The normalized spacial score (nSPS) is 17.0. The summed E-state index contributed by atoms with van der Waals surface area (Å²) in [5, 5.41) is 3.31. The van der Waals surface area contributed by atoms with Crippen LogP contribution in [0.2, 0.25) is 0 Å². The number of amides is 1. The summed E-state index contributed by atoms with van der Waals surface area (Å²) in [6, 6.07) is 15.1. The highest BCUT2D eigenvalue weighted by molar-refractivity contribution is 5.95. The van der Waals surface area contributed by atoms with Crippen molar-refractivity contribution < 1.29 is 9.28 Å². The zero-order valence-electron chi connectivity index (χ0n) is 18.6. The fourth-order valence-electron chi connectivity index (χ4n) is 5.07. The molecule has 0 aliphatic carbocycles. The number of carbonyl (C=O) groups is 1. The van der Waals surface area contributed by atoms with Crippen LogP contribution in [0, 0.1) is 13.8 Å². The van der Waals surface area contributed by atoms with Gasteiger partial charge in [0, 0.05) is 17.7 Å². The summed E-state index contributed by atoms with van der Waals surface area (Å²) in [5.74, 6) is 0.179. The van der Waals surface area contributed by atoms with Crippen molar-refractivity contribution in [1.82, 2.24) is 0 Å². The Labute approximate surface area is 176 Å². The van der Waals surface area contributed by atoms with Gasteiger partial charge in [0.15, 0.2) is 6.04 Å². The highest BCUT2D eigenvalue weighted by Crippen LogP contribution is 2.30. The van der Waals surface area contributed by atoms with Crippen molar-refractivity contribution in [3.8, 4) is 0 Å². The molecule has 1 atom stereocenters. The first-order chi connectivity index (χ1) is 14.0. The predicted molar refractivity (Wildman–Crippen MR) is 122 cm³/mol. The first-order valence-corrected chi connectivity index (χ1v) is 11.3. The SMILES string of the molecule is CCc1cccc(C[N+]2(C(CC)C(=O)Nc3c(C)cccc3C)CCCCC2)c1. The Morgan fingerprint density at radius 1 is 0.966 bits per heavy atom. The van der Waals surface area contributed by atoms with Crippen LogP contribution < -0.4 is 5.32 Å². The maximum atomic E-state index is 13.5. The number of hydrogen-bond acceptors (Lipinski definition) is 1. The smallest absolute Gasteiger partial charge is 0.282 e. The second-order valence-corrected chi connectivity index (χ2v) is 8.74. The lowest BCUT2D eigenvalue weighted by molar-refractivity contribution is -0.959. The number of likely N-dealkylation sites (tertiary alicyclic amines) is 1. The van der Waals surface area contributed by atoms with Crippen LogP contribution in [0.25, 0.3) is 0 Å². The number of nitrogens with zero attached hydrogens (tertiary/aromatic N) is 1. The van der Waals surface area contributed by atoms with E-state index in [1.165, 1.54) is 30.4 Å². The van der Waals surface area contributed by atoms with E-state index in [1.807, 2.05) is 0 Å². The molecule has 3 rings (SSSR count). The number of hydrogen-bond donors (Lipinski definition) is 1. The minimum Gasteiger partial charge on any atom is -0.320 e. The van der Waals surface area contributed by atoms with Crippen LogP contribution >= 0.6 is 0 Å². The molecule has 1 heterocycles. The number of benzene rings is 2. The Morgan fingerprint density at radius 2 is 1.59 bits per heavy atom. The largest absolute Gasteiger partial charge is 0.320 e. The molecule has 156 valence electrons. The summed E-state index contributed by atoms with van der Waals surface area (Å²) in [5.41, 5.74) is 6.00. The highest BCUT2D eigenvalue weighted by atomic mass is 16.2. The number of aryl methyl sites for hydroxylation is 3. The number of carbonyl (C=O) groups excluding carboxylic acids is 1. The van der Waals surface area contributed by atoms with Crippen molar-refractivity contribution in [1.29, 1.82) is 0 Å². The van der Waals surface area contributed by atoms with E-state index in [0.29, 0.717) is 0 Å². The third kappa shape index (κ3) is 4.90. The van der Waals surface area contributed by atoms with Crippen LogP contribution in [0.3, 0.4) is 0 Å². The van der Waals surface area contributed by atoms with Gasteiger partial charge in [-0.25, -0.2) is 0 Å². The van der Waals surface area contributed by atoms with Gasteiger partial charge in [-0.1, -0.05) is 56.3 Å². The summed E-state index contributed by atoms with van der Waals surface area (Å²) in [7, 11) is 0. The van der Waals surface area contributed by atoms with Crippen LogP contribution in [0.4, 0.5) is 5.69 Å². The Hall–Kier alpha value is -2.13. The molecule has 2 aromatic carbocycles. The molecule has 3 nitrogen and oxygen atoms in total. The molecule has 0 aromatic heterocycles. The number of anilines is 1. The average molecular weight is 394 g/mol. The third-order valence-electron chi connectivity index (χ3n) is 6.68. The number of rotatable bonds is 7. The van der Waals surface area contributed by atoms with Crippen LogP contribution in [-0.4, -0.2) is 29.5 Å². The maximum Gasteiger partial charge on any atom is 0.282 e. The van der Waals surface area contributed by atoms with E-state index < -0.39 is 0 Å². The Morgan fingerprint density at radius 3 is 2.21 bits per heavy atom. The van der Waals surface area contributed by atoms with Gasteiger partial charge in [0.25, 0.3) is 5.91 Å². The van der Waals surface area contributed by atoms with Crippen molar-refractivity contribution in [2.45, 2.75) is 72.4 Å². The molecule has 1 N–H and O–H groups in total. The molecule has 2 aromatic rings. The molecule has 0 radical (unpaired) electrons. The van der Waals surface area contributed by atoms with E-state index >= 15 is 0 Å². The molecule has 1 fully saturated rings. The Kier molecular flexibility index (Phi) is 7.13. The van der Waals surface area contributed by atoms with Gasteiger partial charge < -0.3 is 9.80 Å². The zero-order valence-corrected chi connectivity index (χ0v) is 18.6. The van der Waals surface area contributed by atoms with Gasteiger partial charge in [-0.2, -0.15) is 0 Å². The lowest BCUT2D eigenvalue weighted by atomic mass is 9.97. The fraction of sp³-hybridized carbons (Fsp3) is 0.500. The topological polar surface area (TPSA) is 29.1 Å². The second kappa shape index (κ2) is 9.58. The molecule has 1 aliphatic rings. The number of para-hydroxylation sites is 1. The molecule has 0 spiro atoms. The molecule has 1 aliphatic heterocycles. The first kappa shape index (κ1) is 21.6. The van der Waals surface area contributed by atoms with E-state index in [-0.39, 0.29) is 11.9 Å². The molecule has 1 amide bonds. The van der Waals surface area contributed by atoms with Crippen LogP contribution in [-0.2, 0) is 17.8 Å². The van der Waals surface area contributed by atoms with Crippen LogP contribution in [0.1, 0.15) is 61.8 Å². The van der Waals surface area contributed by atoms with Crippen molar-refractivity contribution in [2.75, 3.05) is 18.4 Å². The quantitative estimate of drug-likeness (QED) is 0.593. The highest BCUT2D eigenvalue weighted by Gasteiger charge is 2.42. The minimum atomic E-state index is -0.0143. The van der Waals surface area contributed by atoms with Gasteiger partial charge in [0.05, 0.1) is 13.1 Å². The van der Waals surface area contributed by atoms with Gasteiger partial charge in [0.2, 0.25) is 0 Å². The standard InChI is InChI=1S/C26H36N2O/c1-5-22-14-11-15-23(18-22)19-28(16-8-7-9-17-28)24(6-2)26(29)27-25-20(3)12-10-13-21(25)4/h10-15,18,24H,5-9,16-17,19H2,1-4H3/p+1. The van der Waals surface area contributed by atoms with E-state index in [4.69, 9.17) is 0 Å². The lowest BCUT2D eigenvalue weighted by Gasteiger charge is -2.46. The van der Waals surface area contributed by atoms with Gasteiger partial charge in [-0.05, 0) is 56.2 Å². The number of quaternary nitrogens is 1. The first-order valence-electron chi connectivity index (χ1n) is 11.3. The molecular formula is C26H37N2O+. The molecule has 0 saturated carbocycles. The zero-order chi connectivity index (χ0) is 20.9. The predicted octanol–water partition coefficient (Wildman–Crippen LogP) is 5.78. The van der Waals surface area contributed by atoms with E-state index in [0.717, 1.165) is 53.8 Å². The lowest BCUT2D eigenvalue weighted by Crippen LogP contribution is -2.61. The summed E-state index contributed by atoms with van der Waals surface area (Å²) in [6.07, 6.45) is 5.62. The average Bonchev–Trinajstić information content (AvgIpc) is 2.72. The van der Waals surface area contributed by atoms with Gasteiger partial charge in [-0.3, -0.25) is 4.79 Å². The third-order valence-corrected chi connectivity index (χ3v) is 6.68. The molecule has 1 saturated heterocycles. The molecule has 29 heavy (non-hydrogen) atoms. The summed E-state index contributed by atoms with van der Waals surface area (Å²) < 4.78 is 0.889. The summed E-state index contributed by atoms with van der Waals surface area (Å²) in [6.45, 7) is 11.7. The summed E-state index contributed by atoms with van der Waals surface area (Å²) in [4.78, 5) is 13.5. The van der Waals surface area contributed by atoms with E-state index in [2.05, 4.69) is 75.5 Å². The van der Waals surface area contributed by atoms with Gasteiger partial charge >= 0.3 is 0 Å². The minimum absolute atomic E-state index is 0.0143.